The lowest BCUT2D eigenvalue weighted by Crippen LogP contribution is -2.38. The molecule has 3 rings (SSSR count). The molecule has 4 heteroatoms. The smallest absolute Gasteiger partial charge is 0.123 e. The zero-order valence-electron chi connectivity index (χ0n) is 17.1. The molecule has 28 heavy (non-hydrogen) atoms. The Morgan fingerprint density at radius 1 is 1.00 bits per heavy atom. The fourth-order valence-electron chi connectivity index (χ4n) is 3.81. The van der Waals surface area contributed by atoms with Crippen molar-refractivity contribution in [3.63, 3.8) is 0 Å². The molecular weight excluding hydrogens is 348 g/mol. The molecule has 0 saturated carbocycles. The number of β-amino-alcohol motifs (C(OH)–C–C–N with tert-alkyl or cyclic N) is 1. The van der Waals surface area contributed by atoms with Gasteiger partial charge in [0.1, 0.15) is 18.5 Å². The first-order valence-corrected chi connectivity index (χ1v) is 10.6. The Hall–Kier alpha value is -1.88. The van der Waals surface area contributed by atoms with E-state index in [0.717, 1.165) is 43.9 Å². The third kappa shape index (κ3) is 6.62. The first-order valence-electron chi connectivity index (χ1n) is 10.6. The van der Waals surface area contributed by atoms with Crippen LogP contribution in [0.3, 0.4) is 0 Å². The summed E-state index contributed by atoms with van der Waals surface area (Å²) in [6, 6.07) is 16.6. The highest BCUT2D eigenvalue weighted by atomic mass is 16.5. The van der Waals surface area contributed by atoms with Gasteiger partial charge < -0.3 is 20.1 Å². The van der Waals surface area contributed by atoms with E-state index in [2.05, 4.69) is 47.5 Å². The van der Waals surface area contributed by atoms with Crippen molar-refractivity contribution in [2.45, 2.75) is 45.3 Å². The normalized spacial score (nSPS) is 16.1. The molecule has 152 valence electrons. The van der Waals surface area contributed by atoms with Crippen LogP contribution in [0.25, 0.3) is 0 Å². The van der Waals surface area contributed by atoms with Crippen LogP contribution in [-0.2, 0) is 13.0 Å². The summed E-state index contributed by atoms with van der Waals surface area (Å²) in [5.74, 6) is 0.864. The Morgan fingerprint density at radius 2 is 1.71 bits per heavy atom. The van der Waals surface area contributed by atoms with Crippen molar-refractivity contribution in [1.29, 1.82) is 0 Å². The second-order valence-corrected chi connectivity index (χ2v) is 7.79. The van der Waals surface area contributed by atoms with Crippen LogP contribution in [0.1, 0.15) is 36.0 Å². The molecule has 0 bridgehead atoms. The number of aliphatic hydroxyl groups is 1. The Bertz CT molecular complexity index is 713. The standard InChI is InChI=1S/C24H34N2O2/c1-20-9-3-4-10-21(20)13-14-25-17-22-11-5-6-12-24(22)28-19-23(27)18-26-15-7-2-8-16-26/h3-6,9-12,23,25,27H,2,7-8,13-19H2,1H3. The number of aryl methyl sites for hydroxylation is 1. The zero-order valence-corrected chi connectivity index (χ0v) is 17.1. The molecule has 1 aliphatic heterocycles. The average molecular weight is 383 g/mol. The summed E-state index contributed by atoms with van der Waals surface area (Å²) in [6.45, 7) is 7.10. The molecule has 1 saturated heterocycles. The number of aliphatic hydroxyl groups excluding tert-OH is 1. The van der Waals surface area contributed by atoms with Crippen LogP contribution in [0.2, 0.25) is 0 Å². The van der Waals surface area contributed by atoms with Crippen molar-refractivity contribution in [2.24, 2.45) is 0 Å². The van der Waals surface area contributed by atoms with E-state index in [1.165, 1.54) is 30.4 Å². The number of para-hydroxylation sites is 1. The number of nitrogens with one attached hydrogen (secondary N) is 1. The van der Waals surface area contributed by atoms with Gasteiger partial charge in [-0.25, -0.2) is 0 Å². The Balaban J connectivity index is 1.42. The molecule has 0 aliphatic carbocycles. The van der Waals surface area contributed by atoms with Gasteiger partial charge in [-0.05, 0) is 63.0 Å². The van der Waals surface area contributed by atoms with Crippen molar-refractivity contribution in [3.05, 3.63) is 65.2 Å². The SMILES string of the molecule is Cc1ccccc1CCNCc1ccccc1OCC(O)CN1CCCCC1. The van der Waals surface area contributed by atoms with Crippen molar-refractivity contribution in [1.82, 2.24) is 10.2 Å². The molecule has 1 fully saturated rings. The summed E-state index contributed by atoms with van der Waals surface area (Å²) in [5.41, 5.74) is 3.87. The maximum absolute atomic E-state index is 10.3. The molecule has 0 radical (unpaired) electrons. The lowest BCUT2D eigenvalue weighted by molar-refractivity contribution is 0.0614. The lowest BCUT2D eigenvalue weighted by Gasteiger charge is -2.28. The predicted molar refractivity (Wildman–Crippen MR) is 115 cm³/mol. The number of piperidine rings is 1. The second-order valence-electron chi connectivity index (χ2n) is 7.79. The molecule has 1 unspecified atom stereocenters. The maximum atomic E-state index is 10.3. The minimum absolute atomic E-state index is 0.344. The topological polar surface area (TPSA) is 44.7 Å². The van der Waals surface area contributed by atoms with Crippen LogP contribution in [0.5, 0.6) is 5.75 Å². The maximum Gasteiger partial charge on any atom is 0.123 e. The van der Waals surface area contributed by atoms with Gasteiger partial charge in [0.2, 0.25) is 0 Å². The van der Waals surface area contributed by atoms with Crippen LogP contribution in [0.4, 0.5) is 0 Å². The first kappa shape index (κ1) is 20.8. The number of likely N-dealkylation sites (tertiary alicyclic amines) is 1. The van der Waals surface area contributed by atoms with Gasteiger partial charge in [0, 0.05) is 18.7 Å². The number of ether oxygens (including phenoxy) is 1. The Labute approximate surface area is 169 Å². The molecule has 1 heterocycles. The number of hydrogen-bond acceptors (Lipinski definition) is 4. The summed E-state index contributed by atoms with van der Waals surface area (Å²) in [4.78, 5) is 2.34. The molecule has 2 aromatic rings. The van der Waals surface area contributed by atoms with E-state index >= 15 is 0 Å². The van der Waals surface area contributed by atoms with Crippen LogP contribution >= 0.6 is 0 Å². The van der Waals surface area contributed by atoms with Crippen LogP contribution in [0.15, 0.2) is 48.5 Å². The molecular formula is C24H34N2O2. The number of benzene rings is 2. The van der Waals surface area contributed by atoms with Crippen molar-refractivity contribution >= 4 is 0 Å². The van der Waals surface area contributed by atoms with Gasteiger partial charge in [0.05, 0.1) is 0 Å². The molecule has 0 amide bonds. The summed E-state index contributed by atoms with van der Waals surface area (Å²) in [7, 11) is 0. The Morgan fingerprint density at radius 3 is 2.50 bits per heavy atom. The van der Waals surface area contributed by atoms with Gasteiger partial charge in [-0.3, -0.25) is 0 Å². The molecule has 2 N–H and O–H groups in total. The van der Waals surface area contributed by atoms with Crippen LogP contribution < -0.4 is 10.1 Å². The molecule has 0 aromatic heterocycles. The highest BCUT2D eigenvalue weighted by Crippen LogP contribution is 2.18. The molecule has 1 aliphatic rings. The lowest BCUT2D eigenvalue weighted by atomic mass is 10.1. The Kier molecular flexibility index (Phi) is 8.34. The molecule has 4 nitrogen and oxygen atoms in total. The van der Waals surface area contributed by atoms with E-state index in [1.54, 1.807) is 0 Å². The van der Waals surface area contributed by atoms with Gasteiger partial charge >= 0.3 is 0 Å². The highest BCUT2D eigenvalue weighted by molar-refractivity contribution is 5.33. The van der Waals surface area contributed by atoms with E-state index < -0.39 is 6.10 Å². The number of rotatable bonds is 10. The van der Waals surface area contributed by atoms with E-state index in [-0.39, 0.29) is 0 Å². The largest absolute Gasteiger partial charge is 0.491 e. The van der Waals surface area contributed by atoms with Crippen molar-refractivity contribution in [2.75, 3.05) is 32.8 Å². The van der Waals surface area contributed by atoms with Crippen LogP contribution in [0, 0.1) is 6.92 Å². The number of nitrogens with zero attached hydrogens (tertiary/aromatic N) is 1. The minimum atomic E-state index is -0.444. The quantitative estimate of drug-likeness (QED) is 0.617. The van der Waals surface area contributed by atoms with E-state index in [1.807, 2.05) is 18.2 Å². The monoisotopic (exact) mass is 382 g/mol. The van der Waals surface area contributed by atoms with E-state index in [4.69, 9.17) is 4.74 Å². The number of hydrogen-bond donors (Lipinski definition) is 2. The average Bonchev–Trinajstić information content (AvgIpc) is 2.72. The van der Waals surface area contributed by atoms with Gasteiger partial charge in [0.25, 0.3) is 0 Å². The van der Waals surface area contributed by atoms with Gasteiger partial charge in [-0.15, -0.1) is 0 Å². The predicted octanol–water partition coefficient (Wildman–Crippen LogP) is 3.55. The van der Waals surface area contributed by atoms with E-state index in [9.17, 15) is 5.11 Å². The minimum Gasteiger partial charge on any atom is -0.491 e. The summed E-state index contributed by atoms with van der Waals surface area (Å²) >= 11 is 0. The van der Waals surface area contributed by atoms with Crippen molar-refractivity contribution in [3.8, 4) is 5.75 Å². The van der Waals surface area contributed by atoms with E-state index in [0.29, 0.717) is 13.2 Å². The molecule has 2 aromatic carbocycles. The summed E-state index contributed by atoms with van der Waals surface area (Å²) in [5, 5.41) is 13.9. The summed E-state index contributed by atoms with van der Waals surface area (Å²) in [6.07, 6.45) is 4.37. The van der Waals surface area contributed by atoms with Crippen LogP contribution in [-0.4, -0.2) is 48.9 Å². The zero-order chi connectivity index (χ0) is 19.6. The fraction of sp³-hybridized carbons (Fsp3) is 0.500. The molecule has 1 atom stereocenters. The fourth-order valence-corrected chi connectivity index (χ4v) is 3.81. The van der Waals surface area contributed by atoms with Gasteiger partial charge in [0.15, 0.2) is 0 Å². The van der Waals surface area contributed by atoms with Crippen molar-refractivity contribution < 1.29 is 9.84 Å². The second kappa shape index (κ2) is 11.2. The van der Waals surface area contributed by atoms with Gasteiger partial charge in [-0.2, -0.15) is 0 Å². The highest BCUT2D eigenvalue weighted by Gasteiger charge is 2.15. The summed E-state index contributed by atoms with van der Waals surface area (Å²) < 4.78 is 5.96. The first-order chi connectivity index (χ1) is 13.7. The third-order valence-corrected chi connectivity index (χ3v) is 5.47. The third-order valence-electron chi connectivity index (χ3n) is 5.47. The molecule has 0 spiro atoms. The van der Waals surface area contributed by atoms with Gasteiger partial charge in [-0.1, -0.05) is 48.9 Å².